The Labute approximate surface area is 104 Å². The molecule has 7 heteroatoms. The zero-order chi connectivity index (χ0) is 14.2. The van der Waals surface area contributed by atoms with Crippen molar-refractivity contribution in [1.29, 1.82) is 0 Å². The van der Waals surface area contributed by atoms with Gasteiger partial charge in [-0.2, -0.15) is 0 Å². The molecule has 0 unspecified atom stereocenters. The summed E-state index contributed by atoms with van der Waals surface area (Å²) in [5, 5.41) is 2.13. The van der Waals surface area contributed by atoms with Crippen molar-refractivity contribution >= 4 is 5.69 Å². The number of hydrogen-bond acceptors (Lipinski definition) is 2. The minimum absolute atomic E-state index is 0.202. The fourth-order valence-corrected chi connectivity index (χ4v) is 1.52. The Hall–Kier alpha value is -2.05. The fourth-order valence-electron chi connectivity index (χ4n) is 1.52. The lowest BCUT2D eigenvalue weighted by Crippen LogP contribution is -2.09. The highest BCUT2D eigenvalue weighted by Gasteiger charge is 2.25. The molecule has 19 heavy (non-hydrogen) atoms. The van der Waals surface area contributed by atoms with Gasteiger partial charge in [-0.05, 0) is 19.1 Å². The van der Waals surface area contributed by atoms with E-state index in [-0.39, 0.29) is 6.54 Å². The Kier molecular flexibility index (Phi) is 3.46. The number of rotatable bonds is 3. The molecule has 0 atom stereocenters. The fraction of sp³-hybridized carbons (Fsp3) is 0.167. The van der Waals surface area contributed by atoms with E-state index in [1.807, 2.05) is 0 Å². The van der Waals surface area contributed by atoms with Crippen molar-refractivity contribution in [3.63, 3.8) is 0 Å². The van der Waals surface area contributed by atoms with Crippen molar-refractivity contribution in [1.82, 2.24) is 0 Å². The van der Waals surface area contributed by atoms with Crippen LogP contribution in [0.4, 0.5) is 27.6 Å². The van der Waals surface area contributed by atoms with Crippen molar-refractivity contribution in [3.8, 4) is 0 Å². The first-order valence-corrected chi connectivity index (χ1v) is 5.22. The van der Waals surface area contributed by atoms with E-state index < -0.39 is 34.8 Å². The summed E-state index contributed by atoms with van der Waals surface area (Å²) in [6.45, 7) is 1.45. The normalized spacial score (nSPS) is 10.8. The molecule has 2 rings (SSSR count). The molecule has 0 bridgehead atoms. The van der Waals surface area contributed by atoms with Gasteiger partial charge in [-0.15, -0.1) is 0 Å². The van der Waals surface area contributed by atoms with Crippen molar-refractivity contribution in [2.75, 3.05) is 5.32 Å². The van der Waals surface area contributed by atoms with Gasteiger partial charge in [0.1, 0.15) is 17.2 Å². The SMILES string of the molecule is Cc1ccc(CNc2c(F)c(F)c(F)c(F)c2F)o1. The third-order valence-electron chi connectivity index (χ3n) is 2.45. The monoisotopic (exact) mass is 277 g/mol. The van der Waals surface area contributed by atoms with E-state index in [4.69, 9.17) is 4.42 Å². The number of benzene rings is 1. The molecule has 0 spiro atoms. The summed E-state index contributed by atoms with van der Waals surface area (Å²) < 4.78 is 70.3. The van der Waals surface area contributed by atoms with Gasteiger partial charge in [0.2, 0.25) is 5.82 Å². The Balaban J connectivity index is 2.30. The second-order valence-electron chi connectivity index (χ2n) is 3.81. The molecule has 0 aliphatic heterocycles. The first-order chi connectivity index (χ1) is 8.91. The van der Waals surface area contributed by atoms with Gasteiger partial charge < -0.3 is 9.73 Å². The lowest BCUT2D eigenvalue weighted by atomic mass is 10.2. The van der Waals surface area contributed by atoms with Crippen LogP contribution in [0.2, 0.25) is 0 Å². The van der Waals surface area contributed by atoms with Crippen molar-refractivity contribution in [2.45, 2.75) is 13.5 Å². The van der Waals surface area contributed by atoms with E-state index in [0.29, 0.717) is 11.5 Å². The molecule has 0 amide bonds. The number of hydrogen-bond donors (Lipinski definition) is 1. The van der Waals surface area contributed by atoms with Gasteiger partial charge in [0, 0.05) is 0 Å². The number of anilines is 1. The van der Waals surface area contributed by atoms with E-state index >= 15 is 0 Å². The van der Waals surface area contributed by atoms with Crippen LogP contribution >= 0.6 is 0 Å². The lowest BCUT2D eigenvalue weighted by Gasteiger charge is -2.09. The predicted molar refractivity (Wildman–Crippen MR) is 57.0 cm³/mol. The van der Waals surface area contributed by atoms with Crippen LogP contribution in [-0.2, 0) is 6.54 Å². The topological polar surface area (TPSA) is 25.2 Å². The first kappa shape index (κ1) is 13.4. The first-order valence-electron chi connectivity index (χ1n) is 5.22. The minimum atomic E-state index is -2.19. The molecule has 0 fully saturated rings. The van der Waals surface area contributed by atoms with Crippen LogP contribution in [0.1, 0.15) is 11.5 Å². The van der Waals surface area contributed by atoms with Crippen LogP contribution in [0.15, 0.2) is 16.5 Å². The lowest BCUT2D eigenvalue weighted by molar-refractivity contribution is 0.381. The molecule has 1 aromatic heterocycles. The number of furan rings is 1. The minimum Gasteiger partial charge on any atom is -0.465 e. The maximum Gasteiger partial charge on any atom is 0.200 e. The summed E-state index contributed by atoms with van der Waals surface area (Å²) in [6, 6.07) is 3.13. The molecular weight excluding hydrogens is 269 g/mol. The maximum absolute atomic E-state index is 13.3. The van der Waals surface area contributed by atoms with E-state index in [9.17, 15) is 22.0 Å². The molecule has 0 saturated carbocycles. The van der Waals surface area contributed by atoms with Gasteiger partial charge >= 0.3 is 0 Å². The van der Waals surface area contributed by atoms with Gasteiger partial charge in [0.15, 0.2) is 23.3 Å². The van der Waals surface area contributed by atoms with Crippen molar-refractivity contribution in [2.24, 2.45) is 0 Å². The summed E-state index contributed by atoms with van der Waals surface area (Å²) in [5.74, 6) is -9.10. The maximum atomic E-state index is 13.3. The van der Waals surface area contributed by atoms with Gasteiger partial charge in [-0.1, -0.05) is 0 Å². The van der Waals surface area contributed by atoms with Crippen LogP contribution in [0, 0.1) is 36.0 Å². The van der Waals surface area contributed by atoms with Crippen LogP contribution in [-0.4, -0.2) is 0 Å². The van der Waals surface area contributed by atoms with Crippen LogP contribution in [0.25, 0.3) is 0 Å². The largest absolute Gasteiger partial charge is 0.465 e. The Morgan fingerprint density at radius 3 is 1.89 bits per heavy atom. The zero-order valence-electron chi connectivity index (χ0n) is 9.66. The van der Waals surface area contributed by atoms with Crippen LogP contribution in [0.3, 0.4) is 0 Å². The highest BCUT2D eigenvalue weighted by Crippen LogP contribution is 2.27. The zero-order valence-corrected chi connectivity index (χ0v) is 9.66. The summed E-state index contributed by atoms with van der Waals surface area (Å²) in [4.78, 5) is 0. The molecule has 1 aromatic carbocycles. The number of halogens is 5. The van der Waals surface area contributed by atoms with Crippen molar-refractivity contribution in [3.05, 3.63) is 52.7 Å². The summed E-state index contributed by atoms with van der Waals surface area (Å²) in [7, 11) is 0. The number of nitrogens with one attached hydrogen (secondary N) is 1. The molecule has 1 N–H and O–H groups in total. The second-order valence-corrected chi connectivity index (χ2v) is 3.81. The summed E-state index contributed by atoms with van der Waals surface area (Å²) >= 11 is 0. The highest BCUT2D eigenvalue weighted by atomic mass is 19.2. The third kappa shape index (κ3) is 2.40. The molecule has 2 aromatic rings. The van der Waals surface area contributed by atoms with Crippen molar-refractivity contribution < 1.29 is 26.4 Å². The molecule has 0 aliphatic rings. The standard InChI is InChI=1S/C12H8F5NO/c1-5-2-3-6(19-5)4-18-12-10(16)8(14)7(13)9(15)11(12)17/h2-3,18H,4H2,1H3. The molecule has 102 valence electrons. The average Bonchev–Trinajstić information content (AvgIpc) is 2.80. The van der Waals surface area contributed by atoms with E-state index in [1.54, 1.807) is 13.0 Å². The van der Waals surface area contributed by atoms with Gasteiger partial charge in [-0.3, -0.25) is 0 Å². The highest BCUT2D eigenvalue weighted by molar-refractivity contribution is 5.47. The molecule has 0 radical (unpaired) electrons. The number of aryl methyl sites for hydroxylation is 1. The molecule has 1 heterocycles. The smallest absolute Gasteiger partial charge is 0.200 e. The van der Waals surface area contributed by atoms with Crippen LogP contribution in [0.5, 0.6) is 0 Å². The summed E-state index contributed by atoms with van der Waals surface area (Å²) in [6.07, 6.45) is 0. The average molecular weight is 277 g/mol. The van der Waals surface area contributed by atoms with E-state index in [2.05, 4.69) is 5.32 Å². The quantitative estimate of drug-likeness (QED) is 0.523. The Morgan fingerprint density at radius 2 is 1.42 bits per heavy atom. The second kappa shape index (κ2) is 4.91. The predicted octanol–water partition coefficient (Wildman–Crippen LogP) is 3.90. The molecule has 0 aliphatic carbocycles. The molecule has 0 saturated heterocycles. The van der Waals surface area contributed by atoms with Gasteiger partial charge in [0.05, 0.1) is 6.54 Å². The molecule has 2 nitrogen and oxygen atoms in total. The third-order valence-corrected chi connectivity index (χ3v) is 2.45. The van der Waals surface area contributed by atoms with E-state index in [1.165, 1.54) is 6.07 Å². The van der Waals surface area contributed by atoms with Gasteiger partial charge in [-0.25, -0.2) is 22.0 Å². The van der Waals surface area contributed by atoms with E-state index in [0.717, 1.165) is 0 Å². The molecular formula is C12H8F5NO. The summed E-state index contributed by atoms with van der Waals surface area (Å²) in [5.41, 5.74) is -1.08. The van der Waals surface area contributed by atoms with Gasteiger partial charge in [0.25, 0.3) is 0 Å². The Morgan fingerprint density at radius 1 is 0.895 bits per heavy atom. The van der Waals surface area contributed by atoms with Crippen LogP contribution < -0.4 is 5.32 Å². The Bertz CT molecular complexity index is 594.